The summed E-state index contributed by atoms with van der Waals surface area (Å²) >= 11 is 0. The van der Waals surface area contributed by atoms with E-state index < -0.39 is 36.2 Å². The number of aliphatic hydroxyl groups is 1. The Morgan fingerprint density at radius 3 is 1.80 bits per heavy atom. The summed E-state index contributed by atoms with van der Waals surface area (Å²) in [5.74, 6) is -1.14. The van der Waals surface area contributed by atoms with Crippen LogP contribution in [0.25, 0.3) is 0 Å². The minimum atomic E-state index is -1.01. The molecule has 14 nitrogen and oxygen atoms in total. The standard InChI is InChI=1S/C19H15N3O5.C17H21N3O3/c1-26-19(25)17(10-13-2-8-16(9-3-13)27-11-20)22-18(24)14-4-6-15(7-5-14)21-12-23;1-23-17(22)15(10-11-2-6-13(18)7-3-11)20-16(21)12-4-8-14(19)9-5-12/h2-9,17H,10H2,1H3,(H,22,24);2-9,15-16,20-21H,10,18-19H2,1H3. The molecule has 14 heteroatoms. The highest BCUT2D eigenvalue weighted by molar-refractivity contribution is 5.97. The van der Waals surface area contributed by atoms with Crippen LogP contribution in [0.5, 0.6) is 5.75 Å². The molecule has 7 N–H and O–H groups in total. The molecule has 3 atom stereocenters. The van der Waals surface area contributed by atoms with Gasteiger partial charge in [0.15, 0.2) is 0 Å². The van der Waals surface area contributed by atoms with E-state index in [-0.39, 0.29) is 6.42 Å². The monoisotopic (exact) mass is 680 g/mol. The van der Waals surface area contributed by atoms with Gasteiger partial charge in [0.2, 0.25) is 6.08 Å². The number of nitriles is 1. The van der Waals surface area contributed by atoms with Gasteiger partial charge in [0.1, 0.15) is 24.1 Å². The number of carbonyl (C=O) groups is 3. The Kier molecular flexibility index (Phi) is 14.7. The number of nitrogens with one attached hydrogen (secondary N) is 2. The first-order valence-corrected chi connectivity index (χ1v) is 15.0. The summed E-state index contributed by atoms with van der Waals surface area (Å²) < 4.78 is 14.3. The molecule has 4 aromatic carbocycles. The number of isocyanates is 1. The first-order valence-electron chi connectivity index (χ1n) is 15.0. The Hall–Kier alpha value is -6.52. The number of carbonyl (C=O) groups excluding carboxylic acids is 4. The second-order valence-corrected chi connectivity index (χ2v) is 10.6. The van der Waals surface area contributed by atoms with Crippen molar-refractivity contribution in [2.45, 2.75) is 31.2 Å². The molecule has 0 aliphatic carbocycles. The van der Waals surface area contributed by atoms with Crippen LogP contribution >= 0.6 is 0 Å². The largest absolute Gasteiger partial charge is 0.468 e. The second kappa shape index (κ2) is 19.3. The summed E-state index contributed by atoms with van der Waals surface area (Å²) in [6.07, 6.45) is 2.54. The number of amides is 1. The number of benzene rings is 4. The first kappa shape index (κ1) is 37.9. The van der Waals surface area contributed by atoms with E-state index >= 15 is 0 Å². The Bertz CT molecular complexity index is 1800. The van der Waals surface area contributed by atoms with Gasteiger partial charge in [0.05, 0.1) is 19.9 Å². The third-order valence-corrected chi connectivity index (χ3v) is 7.14. The zero-order valence-electron chi connectivity index (χ0n) is 27.2. The quantitative estimate of drug-likeness (QED) is 0.0342. The Morgan fingerprint density at radius 1 is 0.780 bits per heavy atom. The number of hydrogen-bond acceptors (Lipinski definition) is 13. The highest BCUT2D eigenvalue weighted by Gasteiger charge is 2.24. The molecule has 0 heterocycles. The molecule has 0 spiro atoms. The average molecular weight is 681 g/mol. The summed E-state index contributed by atoms with van der Waals surface area (Å²) in [5.41, 5.74) is 15.5. The topological polar surface area (TPSA) is 228 Å². The maximum absolute atomic E-state index is 12.4. The molecular weight excluding hydrogens is 644 g/mol. The summed E-state index contributed by atoms with van der Waals surface area (Å²) in [4.78, 5) is 50.1. The number of aliphatic imine (C=N–C) groups is 1. The van der Waals surface area contributed by atoms with Crippen LogP contribution in [0.1, 0.15) is 33.3 Å². The maximum Gasteiger partial charge on any atom is 0.328 e. The Labute approximate surface area is 288 Å². The number of aliphatic hydroxyl groups excluding tert-OH is 1. The lowest BCUT2D eigenvalue weighted by Gasteiger charge is -2.21. The highest BCUT2D eigenvalue weighted by Crippen LogP contribution is 2.17. The number of nitrogen functional groups attached to an aromatic ring is 2. The van der Waals surface area contributed by atoms with E-state index in [4.69, 9.17) is 30.9 Å². The lowest BCUT2D eigenvalue weighted by atomic mass is 10.0. The fraction of sp³-hybridized carbons (Fsp3) is 0.194. The van der Waals surface area contributed by atoms with Gasteiger partial charge in [-0.2, -0.15) is 4.99 Å². The third-order valence-electron chi connectivity index (χ3n) is 7.14. The Balaban J connectivity index is 0.000000274. The molecule has 50 heavy (non-hydrogen) atoms. The van der Waals surface area contributed by atoms with Gasteiger partial charge < -0.3 is 36.1 Å². The van der Waals surface area contributed by atoms with Crippen LogP contribution in [0, 0.1) is 11.5 Å². The molecule has 0 fully saturated rings. The summed E-state index contributed by atoms with van der Waals surface area (Å²) in [6, 6.07) is 24.9. The van der Waals surface area contributed by atoms with E-state index in [1.54, 1.807) is 66.9 Å². The van der Waals surface area contributed by atoms with Gasteiger partial charge in [0, 0.05) is 23.4 Å². The minimum Gasteiger partial charge on any atom is -0.468 e. The van der Waals surface area contributed by atoms with Crippen molar-refractivity contribution >= 4 is 41.0 Å². The van der Waals surface area contributed by atoms with Gasteiger partial charge in [-0.25, -0.2) is 9.59 Å². The number of hydrogen-bond donors (Lipinski definition) is 5. The van der Waals surface area contributed by atoms with Crippen LogP contribution < -0.4 is 26.8 Å². The van der Waals surface area contributed by atoms with Crippen molar-refractivity contribution in [2.75, 3.05) is 25.7 Å². The predicted octanol–water partition coefficient (Wildman–Crippen LogP) is 3.24. The fourth-order valence-electron chi connectivity index (χ4n) is 4.51. The predicted molar refractivity (Wildman–Crippen MR) is 183 cm³/mol. The van der Waals surface area contributed by atoms with Crippen molar-refractivity contribution in [1.29, 1.82) is 5.26 Å². The second-order valence-electron chi connectivity index (χ2n) is 10.6. The van der Waals surface area contributed by atoms with Crippen molar-refractivity contribution in [3.8, 4) is 12.0 Å². The molecule has 0 bridgehead atoms. The van der Waals surface area contributed by atoms with Crippen LogP contribution in [0.3, 0.4) is 0 Å². The fourth-order valence-corrected chi connectivity index (χ4v) is 4.51. The molecule has 0 saturated carbocycles. The van der Waals surface area contributed by atoms with Gasteiger partial charge in [-0.3, -0.25) is 14.9 Å². The molecule has 4 rings (SSSR count). The van der Waals surface area contributed by atoms with Crippen LogP contribution in [0.15, 0.2) is 102 Å². The first-order chi connectivity index (χ1) is 24.1. The number of ether oxygens (including phenoxy) is 3. The van der Waals surface area contributed by atoms with Gasteiger partial charge in [-0.15, -0.1) is 5.26 Å². The van der Waals surface area contributed by atoms with Crippen LogP contribution in [0.2, 0.25) is 0 Å². The van der Waals surface area contributed by atoms with Gasteiger partial charge in [-0.05, 0) is 83.8 Å². The lowest BCUT2D eigenvalue weighted by Crippen LogP contribution is -2.43. The maximum atomic E-state index is 12.4. The van der Waals surface area contributed by atoms with Gasteiger partial charge in [-0.1, -0.05) is 36.4 Å². The van der Waals surface area contributed by atoms with Crippen molar-refractivity contribution in [2.24, 2.45) is 4.99 Å². The molecule has 0 saturated heterocycles. The van der Waals surface area contributed by atoms with Crippen LogP contribution in [-0.2, 0) is 36.7 Å². The molecule has 3 unspecified atom stereocenters. The SMILES string of the molecule is COC(=O)C(Cc1ccc(N)cc1)NC(O)c1ccc(N)cc1.COC(=O)C(Cc1ccc(OC#N)cc1)NC(=O)c1ccc(N=C=O)cc1. The normalized spacial score (nSPS) is 11.9. The molecule has 0 aromatic heterocycles. The number of nitrogens with two attached hydrogens (primary N) is 2. The highest BCUT2D eigenvalue weighted by atomic mass is 16.5. The number of nitrogens with zero attached hydrogens (tertiary/aromatic N) is 2. The van der Waals surface area contributed by atoms with E-state index in [0.29, 0.717) is 40.4 Å². The summed E-state index contributed by atoms with van der Waals surface area (Å²) in [5, 5.41) is 24.3. The van der Waals surface area contributed by atoms with Crippen molar-refractivity contribution < 1.29 is 38.5 Å². The Morgan fingerprint density at radius 2 is 1.28 bits per heavy atom. The van der Waals surface area contributed by atoms with E-state index in [0.717, 1.165) is 11.1 Å². The molecule has 0 aliphatic rings. The van der Waals surface area contributed by atoms with Gasteiger partial charge in [0.25, 0.3) is 12.2 Å². The van der Waals surface area contributed by atoms with Crippen molar-refractivity contribution in [1.82, 2.24) is 10.6 Å². The number of esters is 2. The van der Waals surface area contributed by atoms with E-state index in [1.807, 2.05) is 12.1 Å². The molecule has 1 amide bonds. The third kappa shape index (κ3) is 11.9. The number of rotatable bonds is 13. The average Bonchev–Trinajstić information content (AvgIpc) is 3.13. The van der Waals surface area contributed by atoms with Crippen LogP contribution in [-0.4, -0.2) is 55.3 Å². The minimum absolute atomic E-state index is 0.193. The zero-order valence-corrected chi connectivity index (χ0v) is 27.2. The van der Waals surface area contributed by atoms with Crippen molar-refractivity contribution in [3.05, 3.63) is 119 Å². The van der Waals surface area contributed by atoms with Gasteiger partial charge >= 0.3 is 11.9 Å². The smallest absolute Gasteiger partial charge is 0.328 e. The molecule has 0 radical (unpaired) electrons. The molecular formula is C36H36N6O8. The van der Waals surface area contributed by atoms with Crippen LogP contribution in [0.4, 0.5) is 17.1 Å². The van der Waals surface area contributed by atoms with E-state index in [9.17, 15) is 24.3 Å². The number of methoxy groups -OCH3 is 2. The molecule has 0 aliphatic heterocycles. The van der Waals surface area contributed by atoms with E-state index in [1.165, 1.54) is 44.6 Å². The number of anilines is 2. The summed E-state index contributed by atoms with van der Waals surface area (Å²) in [7, 11) is 2.55. The molecule has 4 aromatic rings. The van der Waals surface area contributed by atoms with E-state index in [2.05, 4.69) is 15.6 Å². The lowest BCUT2D eigenvalue weighted by molar-refractivity contribution is -0.144. The summed E-state index contributed by atoms with van der Waals surface area (Å²) in [6.45, 7) is 0. The van der Waals surface area contributed by atoms with Crippen molar-refractivity contribution in [3.63, 3.8) is 0 Å². The zero-order chi connectivity index (χ0) is 36.5. The molecule has 258 valence electrons.